The van der Waals surface area contributed by atoms with E-state index in [-0.39, 0.29) is 6.10 Å². The summed E-state index contributed by atoms with van der Waals surface area (Å²) < 4.78 is 11.7. The molecule has 4 heteroatoms. The van der Waals surface area contributed by atoms with Crippen LogP contribution < -0.4 is 10.1 Å². The summed E-state index contributed by atoms with van der Waals surface area (Å²) in [6.45, 7) is 8.42. The first-order valence-corrected chi connectivity index (χ1v) is 10.1. The summed E-state index contributed by atoms with van der Waals surface area (Å²) in [5, 5.41) is 3.77. The fourth-order valence-electron chi connectivity index (χ4n) is 3.94. The second-order valence-electron chi connectivity index (χ2n) is 8.11. The lowest BCUT2D eigenvalue weighted by atomic mass is 10.0. The van der Waals surface area contributed by atoms with Gasteiger partial charge in [-0.25, -0.2) is 0 Å². The maximum absolute atomic E-state index is 6.22. The molecule has 25 heavy (non-hydrogen) atoms. The maximum atomic E-state index is 6.22. The molecule has 4 nitrogen and oxygen atoms in total. The van der Waals surface area contributed by atoms with Crippen molar-refractivity contribution in [3.63, 3.8) is 0 Å². The number of ether oxygens (including phenoxy) is 2. The topological polar surface area (TPSA) is 33.7 Å². The van der Waals surface area contributed by atoms with Crippen LogP contribution in [-0.2, 0) is 11.3 Å². The molecule has 1 atom stereocenters. The Morgan fingerprint density at radius 2 is 2.00 bits per heavy atom. The van der Waals surface area contributed by atoms with E-state index in [1.165, 1.54) is 56.4 Å². The SMILES string of the molecule is Cc1ccc(CNC2CCN(CC3CC3)CC2)c(O[C@@H]2CCOC2)c1. The van der Waals surface area contributed by atoms with Gasteiger partial charge in [0.2, 0.25) is 0 Å². The third kappa shape index (κ3) is 4.96. The number of nitrogens with one attached hydrogen (secondary N) is 1. The van der Waals surface area contributed by atoms with E-state index in [2.05, 4.69) is 35.3 Å². The summed E-state index contributed by atoms with van der Waals surface area (Å²) in [6.07, 6.45) is 6.67. The van der Waals surface area contributed by atoms with Crippen molar-refractivity contribution in [3.8, 4) is 5.75 Å². The molecule has 138 valence electrons. The highest BCUT2D eigenvalue weighted by Crippen LogP contribution is 2.30. The number of nitrogens with zero attached hydrogens (tertiary/aromatic N) is 1. The normalized spacial score (nSPS) is 25.4. The van der Waals surface area contributed by atoms with Crippen LogP contribution in [0.4, 0.5) is 0 Å². The van der Waals surface area contributed by atoms with E-state index >= 15 is 0 Å². The molecule has 0 bridgehead atoms. The van der Waals surface area contributed by atoms with Crippen LogP contribution in [0.3, 0.4) is 0 Å². The summed E-state index contributed by atoms with van der Waals surface area (Å²) in [6, 6.07) is 7.22. The van der Waals surface area contributed by atoms with Crippen LogP contribution in [0.1, 0.15) is 43.2 Å². The highest BCUT2D eigenvalue weighted by Gasteiger charge is 2.27. The number of rotatable bonds is 7. The zero-order valence-electron chi connectivity index (χ0n) is 15.5. The van der Waals surface area contributed by atoms with Gasteiger partial charge in [0.1, 0.15) is 11.9 Å². The van der Waals surface area contributed by atoms with Crippen molar-refractivity contribution < 1.29 is 9.47 Å². The minimum absolute atomic E-state index is 0.214. The lowest BCUT2D eigenvalue weighted by Gasteiger charge is -2.32. The Morgan fingerprint density at radius 3 is 2.72 bits per heavy atom. The van der Waals surface area contributed by atoms with Crippen molar-refractivity contribution in [2.75, 3.05) is 32.8 Å². The molecule has 1 aromatic carbocycles. The second kappa shape index (κ2) is 8.07. The van der Waals surface area contributed by atoms with Gasteiger partial charge in [-0.2, -0.15) is 0 Å². The Balaban J connectivity index is 1.28. The van der Waals surface area contributed by atoms with E-state index in [1.54, 1.807) is 0 Å². The fourth-order valence-corrected chi connectivity index (χ4v) is 3.94. The third-order valence-corrected chi connectivity index (χ3v) is 5.79. The van der Waals surface area contributed by atoms with Crippen LogP contribution in [0.2, 0.25) is 0 Å². The van der Waals surface area contributed by atoms with Crippen molar-refractivity contribution in [2.45, 2.75) is 57.7 Å². The number of hydrogen-bond donors (Lipinski definition) is 1. The van der Waals surface area contributed by atoms with E-state index in [0.29, 0.717) is 6.04 Å². The van der Waals surface area contributed by atoms with Gasteiger partial charge in [-0.05, 0) is 63.2 Å². The summed E-state index contributed by atoms with van der Waals surface area (Å²) in [5.74, 6) is 2.05. The molecule has 2 heterocycles. The summed E-state index contributed by atoms with van der Waals surface area (Å²) in [5.41, 5.74) is 2.53. The highest BCUT2D eigenvalue weighted by atomic mass is 16.5. The average molecular weight is 344 g/mol. The number of likely N-dealkylation sites (tertiary alicyclic amines) is 1. The molecular formula is C21H32N2O2. The molecule has 0 unspecified atom stereocenters. The third-order valence-electron chi connectivity index (χ3n) is 5.79. The standard InChI is InChI=1S/C21H32N2O2/c1-16-2-5-18(21(12-16)25-20-8-11-24-15-20)13-22-19-6-9-23(10-7-19)14-17-3-4-17/h2,5,12,17,19-20,22H,3-4,6-11,13-15H2,1H3/t20-/m1/s1. The lowest BCUT2D eigenvalue weighted by molar-refractivity contribution is 0.140. The second-order valence-corrected chi connectivity index (χ2v) is 8.11. The van der Waals surface area contributed by atoms with E-state index in [9.17, 15) is 0 Å². The monoisotopic (exact) mass is 344 g/mol. The number of piperidine rings is 1. The summed E-state index contributed by atoms with van der Waals surface area (Å²) in [7, 11) is 0. The first kappa shape index (κ1) is 17.3. The number of benzene rings is 1. The Morgan fingerprint density at radius 1 is 1.16 bits per heavy atom. The Labute approximate surface area is 151 Å². The fraction of sp³-hybridized carbons (Fsp3) is 0.714. The lowest BCUT2D eigenvalue weighted by Crippen LogP contribution is -2.42. The number of hydrogen-bond acceptors (Lipinski definition) is 4. The zero-order valence-corrected chi connectivity index (χ0v) is 15.5. The quantitative estimate of drug-likeness (QED) is 0.824. The van der Waals surface area contributed by atoms with Gasteiger partial charge in [0.15, 0.2) is 0 Å². The molecule has 3 fully saturated rings. The molecule has 0 aromatic heterocycles. The van der Waals surface area contributed by atoms with Gasteiger partial charge in [0.25, 0.3) is 0 Å². The van der Waals surface area contributed by atoms with Crippen molar-refractivity contribution in [2.24, 2.45) is 5.92 Å². The first-order chi connectivity index (χ1) is 12.3. The maximum Gasteiger partial charge on any atom is 0.124 e. The van der Waals surface area contributed by atoms with E-state index in [0.717, 1.165) is 37.8 Å². The molecular weight excluding hydrogens is 312 g/mol. The van der Waals surface area contributed by atoms with Gasteiger partial charge in [-0.15, -0.1) is 0 Å². The molecule has 1 aromatic rings. The highest BCUT2D eigenvalue weighted by molar-refractivity contribution is 5.37. The van der Waals surface area contributed by atoms with Crippen molar-refractivity contribution in [1.29, 1.82) is 0 Å². The molecule has 2 aliphatic heterocycles. The Hall–Kier alpha value is -1.10. The molecule has 0 spiro atoms. The van der Waals surface area contributed by atoms with Crippen LogP contribution in [0.15, 0.2) is 18.2 Å². The smallest absolute Gasteiger partial charge is 0.124 e. The number of aryl methyl sites for hydroxylation is 1. The van der Waals surface area contributed by atoms with Crippen LogP contribution in [0.25, 0.3) is 0 Å². The minimum atomic E-state index is 0.214. The summed E-state index contributed by atoms with van der Waals surface area (Å²) >= 11 is 0. The van der Waals surface area contributed by atoms with Gasteiger partial charge in [0, 0.05) is 31.1 Å². The Kier molecular flexibility index (Phi) is 5.59. The van der Waals surface area contributed by atoms with Crippen molar-refractivity contribution in [1.82, 2.24) is 10.2 Å². The molecule has 1 N–H and O–H groups in total. The minimum Gasteiger partial charge on any atom is -0.488 e. The van der Waals surface area contributed by atoms with E-state index in [4.69, 9.17) is 9.47 Å². The van der Waals surface area contributed by atoms with Crippen LogP contribution in [0, 0.1) is 12.8 Å². The molecule has 3 aliphatic rings. The van der Waals surface area contributed by atoms with E-state index < -0.39 is 0 Å². The van der Waals surface area contributed by atoms with Gasteiger partial charge >= 0.3 is 0 Å². The predicted molar refractivity (Wildman–Crippen MR) is 100 cm³/mol. The van der Waals surface area contributed by atoms with Crippen molar-refractivity contribution in [3.05, 3.63) is 29.3 Å². The first-order valence-electron chi connectivity index (χ1n) is 10.1. The molecule has 0 amide bonds. The molecule has 0 radical (unpaired) electrons. The average Bonchev–Trinajstić information content (AvgIpc) is 3.28. The van der Waals surface area contributed by atoms with Gasteiger partial charge in [0.05, 0.1) is 13.2 Å². The Bertz CT molecular complexity index is 559. The zero-order chi connectivity index (χ0) is 17.1. The predicted octanol–water partition coefficient (Wildman–Crippen LogP) is 3.13. The summed E-state index contributed by atoms with van der Waals surface area (Å²) in [4.78, 5) is 2.66. The van der Waals surface area contributed by atoms with Gasteiger partial charge in [-0.1, -0.05) is 12.1 Å². The molecule has 1 saturated carbocycles. The largest absolute Gasteiger partial charge is 0.488 e. The molecule has 4 rings (SSSR count). The van der Waals surface area contributed by atoms with Crippen molar-refractivity contribution >= 4 is 0 Å². The van der Waals surface area contributed by atoms with Crippen LogP contribution in [0.5, 0.6) is 5.75 Å². The molecule has 2 saturated heterocycles. The van der Waals surface area contributed by atoms with Gasteiger partial charge in [-0.3, -0.25) is 0 Å². The van der Waals surface area contributed by atoms with E-state index in [1.807, 2.05) is 0 Å². The van der Waals surface area contributed by atoms with Crippen LogP contribution >= 0.6 is 0 Å². The van der Waals surface area contributed by atoms with Crippen LogP contribution in [-0.4, -0.2) is 49.9 Å². The van der Waals surface area contributed by atoms with Gasteiger partial charge < -0.3 is 19.7 Å². The molecule has 1 aliphatic carbocycles.